The number of allylic oxidation sites excluding steroid dienone is 1. The molecule has 94 valence electrons. The van der Waals surface area contributed by atoms with Gasteiger partial charge in [0.25, 0.3) is 0 Å². The molecule has 2 nitrogen and oxygen atoms in total. The smallest absolute Gasteiger partial charge is 0.419 e. The van der Waals surface area contributed by atoms with E-state index in [1.54, 1.807) is 19.1 Å². The van der Waals surface area contributed by atoms with Gasteiger partial charge in [0, 0.05) is 0 Å². The Hall–Kier alpha value is -1.49. The van der Waals surface area contributed by atoms with Crippen molar-refractivity contribution in [3.05, 3.63) is 41.5 Å². The first-order valence-electron chi connectivity index (χ1n) is 5.04. The molecule has 0 saturated heterocycles. The van der Waals surface area contributed by atoms with Crippen LogP contribution in [0.4, 0.5) is 13.2 Å². The van der Waals surface area contributed by atoms with Crippen molar-refractivity contribution < 1.29 is 23.0 Å². The minimum Gasteiger partial charge on any atom is -0.489 e. The normalized spacial score (nSPS) is 12.1. The maximum absolute atomic E-state index is 12.7. The van der Waals surface area contributed by atoms with Gasteiger partial charge in [-0.3, -0.25) is 0 Å². The van der Waals surface area contributed by atoms with Crippen molar-refractivity contribution in [3.8, 4) is 5.75 Å². The van der Waals surface area contributed by atoms with Gasteiger partial charge in [-0.05, 0) is 24.6 Å². The first-order valence-corrected chi connectivity index (χ1v) is 5.04. The van der Waals surface area contributed by atoms with E-state index in [2.05, 4.69) is 0 Å². The molecule has 0 spiro atoms. The van der Waals surface area contributed by atoms with Gasteiger partial charge in [-0.1, -0.05) is 18.2 Å². The molecule has 5 heteroatoms. The summed E-state index contributed by atoms with van der Waals surface area (Å²) in [6.45, 7) is 1.40. The van der Waals surface area contributed by atoms with Crippen molar-refractivity contribution in [3.63, 3.8) is 0 Å². The van der Waals surface area contributed by atoms with E-state index in [1.807, 2.05) is 0 Å². The minimum absolute atomic E-state index is 0.0814. The maximum Gasteiger partial charge on any atom is 0.419 e. The Kier molecular flexibility index (Phi) is 4.57. The van der Waals surface area contributed by atoms with Gasteiger partial charge in [0.2, 0.25) is 0 Å². The van der Waals surface area contributed by atoms with Gasteiger partial charge in [0.1, 0.15) is 12.4 Å². The first kappa shape index (κ1) is 13.6. The molecule has 0 saturated carbocycles. The summed E-state index contributed by atoms with van der Waals surface area (Å²) in [7, 11) is 0. The molecule has 0 amide bonds. The van der Waals surface area contributed by atoms with Crippen LogP contribution >= 0.6 is 0 Å². The third kappa shape index (κ3) is 3.78. The van der Waals surface area contributed by atoms with Crippen LogP contribution in [0.25, 0.3) is 0 Å². The lowest BCUT2D eigenvalue weighted by Gasteiger charge is -2.14. The predicted molar refractivity (Wildman–Crippen MR) is 57.7 cm³/mol. The molecule has 1 aromatic rings. The Morgan fingerprint density at radius 1 is 1.35 bits per heavy atom. The molecular formula is C12H13F3O2. The zero-order valence-corrected chi connectivity index (χ0v) is 9.29. The van der Waals surface area contributed by atoms with Crippen LogP contribution in [-0.2, 0) is 12.8 Å². The van der Waals surface area contributed by atoms with Crippen molar-refractivity contribution in [1.82, 2.24) is 0 Å². The number of aliphatic hydroxyl groups excluding tert-OH is 1. The zero-order chi connectivity index (χ0) is 12.9. The highest BCUT2D eigenvalue weighted by atomic mass is 19.4. The van der Waals surface area contributed by atoms with Gasteiger partial charge in [-0.2, -0.15) is 13.2 Å². The first-order chi connectivity index (χ1) is 7.99. The van der Waals surface area contributed by atoms with E-state index in [0.717, 1.165) is 6.07 Å². The summed E-state index contributed by atoms with van der Waals surface area (Å²) >= 11 is 0. The van der Waals surface area contributed by atoms with Crippen molar-refractivity contribution in [2.24, 2.45) is 0 Å². The van der Waals surface area contributed by atoms with Gasteiger partial charge < -0.3 is 9.84 Å². The van der Waals surface area contributed by atoms with Crippen molar-refractivity contribution >= 4 is 0 Å². The molecule has 17 heavy (non-hydrogen) atoms. The highest BCUT2D eigenvalue weighted by Crippen LogP contribution is 2.36. The molecule has 0 unspecified atom stereocenters. The Bertz CT molecular complexity index is 397. The summed E-state index contributed by atoms with van der Waals surface area (Å²) in [5.41, 5.74) is -0.663. The third-order valence-corrected chi connectivity index (χ3v) is 2.10. The van der Waals surface area contributed by atoms with E-state index in [1.165, 1.54) is 12.1 Å². The van der Waals surface area contributed by atoms with E-state index in [0.29, 0.717) is 0 Å². The van der Waals surface area contributed by atoms with E-state index in [-0.39, 0.29) is 17.9 Å². The SMILES string of the molecule is CC=CCOc1ccc(CO)cc1C(F)(F)F. The summed E-state index contributed by atoms with van der Waals surface area (Å²) in [6, 6.07) is 3.52. The minimum atomic E-state index is -4.49. The van der Waals surface area contributed by atoms with Crippen LogP contribution in [0.3, 0.4) is 0 Å². The molecule has 0 aliphatic carbocycles. The molecular weight excluding hydrogens is 233 g/mol. The lowest BCUT2D eigenvalue weighted by molar-refractivity contribution is -0.138. The molecule has 0 heterocycles. The summed E-state index contributed by atoms with van der Waals surface area (Å²) in [5.74, 6) is -0.229. The molecule has 0 radical (unpaired) electrons. The Morgan fingerprint density at radius 2 is 2.06 bits per heavy atom. The van der Waals surface area contributed by atoms with E-state index in [9.17, 15) is 13.2 Å². The zero-order valence-electron chi connectivity index (χ0n) is 9.29. The number of hydrogen-bond acceptors (Lipinski definition) is 2. The molecule has 0 aliphatic rings. The molecule has 0 aromatic heterocycles. The summed E-state index contributed by atoms with van der Waals surface area (Å²) in [5, 5.41) is 8.81. The molecule has 0 fully saturated rings. The summed E-state index contributed by atoms with van der Waals surface area (Å²) in [6.07, 6.45) is -1.19. The van der Waals surface area contributed by atoms with Gasteiger partial charge in [0.05, 0.1) is 12.2 Å². The Balaban J connectivity index is 3.02. The van der Waals surface area contributed by atoms with Crippen LogP contribution in [0.1, 0.15) is 18.1 Å². The molecule has 0 bridgehead atoms. The van der Waals surface area contributed by atoms with Crippen LogP contribution < -0.4 is 4.74 Å². The number of aliphatic hydroxyl groups is 1. The monoisotopic (exact) mass is 246 g/mol. The van der Waals surface area contributed by atoms with Gasteiger partial charge in [0.15, 0.2) is 0 Å². The second kappa shape index (κ2) is 5.72. The van der Waals surface area contributed by atoms with Crippen molar-refractivity contribution in [2.75, 3.05) is 6.61 Å². The highest BCUT2D eigenvalue weighted by Gasteiger charge is 2.34. The number of hydrogen-bond donors (Lipinski definition) is 1. The van der Waals surface area contributed by atoms with E-state index < -0.39 is 18.3 Å². The maximum atomic E-state index is 12.7. The number of benzene rings is 1. The van der Waals surface area contributed by atoms with Crippen molar-refractivity contribution in [1.29, 1.82) is 0 Å². The fourth-order valence-electron chi connectivity index (χ4n) is 1.26. The topological polar surface area (TPSA) is 29.5 Å². The van der Waals surface area contributed by atoms with Crippen LogP contribution in [0.2, 0.25) is 0 Å². The molecule has 0 atom stereocenters. The van der Waals surface area contributed by atoms with Crippen LogP contribution in [0.15, 0.2) is 30.4 Å². The Labute approximate surface area is 97.3 Å². The quantitative estimate of drug-likeness (QED) is 0.827. The number of alkyl halides is 3. The standard InChI is InChI=1S/C12H13F3O2/c1-2-3-6-17-11-5-4-9(8-16)7-10(11)12(13,14)15/h2-5,7,16H,6,8H2,1H3. The summed E-state index contributed by atoms with van der Waals surface area (Å²) in [4.78, 5) is 0. The second-order valence-corrected chi connectivity index (χ2v) is 3.37. The molecule has 1 rings (SSSR count). The van der Waals surface area contributed by atoms with Crippen LogP contribution in [0, 0.1) is 0 Å². The van der Waals surface area contributed by atoms with Gasteiger partial charge >= 0.3 is 6.18 Å². The van der Waals surface area contributed by atoms with Crippen LogP contribution in [-0.4, -0.2) is 11.7 Å². The summed E-state index contributed by atoms with van der Waals surface area (Å²) < 4.78 is 43.1. The van der Waals surface area contributed by atoms with Gasteiger partial charge in [-0.15, -0.1) is 0 Å². The van der Waals surface area contributed by atoms with Crippen LogP contribution in [0.5, 0.6) is 5.75 Å². The molecule has 0 aliphatic heterocycles. The van der Waals surface area contributed by atoms with E-state index in [4.69, 9.17) is 9.84 Å². The number of ether oxygens (including phenoxy) is 1. The van der Waals surface area contributed by atoms with E-state index >= 15 is 0 Å². The fraction of sp³-hybridized carbons (Fsp3) is 0.333. The molecule has 1 N–H and O–H groups in total. The lowest BCUT2D eigenvalue weighted by atomic mass is 10.1. The fourth-order valence-corrected chi connectivity index (χ4v) is 1.26. The number of rotatable bonds is 4. The Morgan fingerprint density at radius 3 is 2.59 bits per heavy atom. The molecule has 1 aromatic carbocycles. The average Bonchev–Trinajstić information content (AvgIpc) is 2.28. The lowest BCUT2D eigenvalue weighted by Crippen LogP contribution is -2.09. The highest BCUT2D eigenvalue weighted by molar-refractivity contribution is 5.39. The largest absolute Gasteiger partial charge is 0.489 e. The second-order valence-electron chi connectivity index (χ2n) is 3.37. The number of halogens is 3. The van der Waals surface area contributed by atoms with Gasteiger partial charge in [-0.25, -0.2) is 0 Å². The predicted octanol–water partition coefficient (Wildman–Crippen LogP) is 3.15. The van der Waals surface area contributed by atoms with Crippen molar-refractivity contribution in [2.45, 2.75) is 19.7 Å². The average molecular weight is 246 g/mol. The third-order valence-electron chi connectivity index (χ3n) is 2.10.